The van der Waals surface area contributed by atoms with E-state index < -0.39 is 0 Å². The zero-order valence-corrected chi connectivity index (χ0v) is 16.7. The van der Waals surface area contributed by atoms with Crippen LogP contribution in [0.2, 0.25) is 0 Å². The first-order chi connectivity index (χ1) is 12.3. The number of benzene rings is 1. The van der Waals surface area contributed by atoms with E-state index in [9.17, 15) is 4.79 Å². The van der Waals surface area contributed by atoms with E-state index in [-0.39, 0.29) is 17.5 Å². The van der Waals surface area contributed by atoms with Crippen LogP contribution in [0.15, 0.2) is 23.0 Å². The Morgan fingerprint density at radius 3 is 2.42 bits per heavy atom. The van der Waals surface area contributed by atoms with Crippen LogP contribution >= 0.6 is 0 Å². The Kier molecular flexibility index (Phi) is 6.70. The summed E-state index contributed by atoms with van der Waals surface area (Å²) in [6.07, 6.45) is 2.00. The molecule has 0 saturated carbocycles. The predicted octanol–water partition coefficient (Wildman–Crippen LogP) is 4.08. The Hall–Kier alpha value is -2.01. The molecule has 0 aliphatic carbocycles. The van der Waals surface area contributed by atoms with E-state index in [0.717, 1.165) is 29.7 Å². The van der Waals surface area contributed by atoms with Gasteiger partial charge < -0.3 is 19.8 Å². The van der Waals surface area contributed by atoms with Crippen LogP contribution in [0.1, 0.15) is 53.2 Å². The highest BCUT2D eigenvalue weighted by atomic mass is 16.5. The van der Waals surface area contributed by atoms with Crippen LogP contribution in [0.4, 0.5) is 0 Å². The lowest BCUT2D eigenvalue weighted by molar-refractivity contribution is 0.294. The van der Waals surface area contributed by atoms with Gasteiger partial charge in [-0.2, -0.15) is 0 Å². The summed E-state index contributed by atoms with van der Waals surface area (Å²) in [7, 11) is 0. The summed E-state index contributed by atoms with van der Waals surface area (Å²) in [5.41, 5.74) is 6.74. The number of ether oxygens (including phenoxy) is 2. The van der Waals surface area contributed by atoms with E-state index in [1.54, 1.807) is 4.57 Å². The minimum absolute atomic E-state index is 0.0266. The van der Waals surface area contributed by atoms with Gasteiger partial charge in [-0.15, -0.1) is 0 Å². The van der Waals surface area contributed by atoms with Crippen molar-refractivity contribution in [1.29, 1.82) is 0 Å². The fourth-order valence-corrected chi connectivity index (χ4v) is 3.02. The van der Waals surface area contributed by atoms with Crippen molar-refractivity contribution in [2.24, 2.45) is 11.1 Å². The Morgan fingerprint density at radius 2 is 1.85 bits per heavy atom. The largest absolute Gasteiger partial charge is 0.494 e. The molecular formula is C21H32N2O3. The second-order valence-corrected chi connectivity index (χ2v) is 7.77. The molecule has 1 aromatic carbocycles. The van der Waals surface area contributed by atoms with Gasteiger partial charge in [0.05, 0.1) is 24.3 Å². The number of unbranched alkanes of at least 4 members (excludes halogenated alkanes) is 1. The maximum atomic E-state index is 13.1. The first kappa shape index (κ1) is 20.3. The maximum absolute atomic E-state index is 13.1. The number of hydrogen-bond acceptors (Lipinski definition) is 4. The predicted molar refractivity (Wildman–Crippen MR) is 107 cm³/mol. The molecule has 1 heterocycles. The fourth-order valence-electron chi connectivity index (χ4n) is 3.02. The van der Waals surface area contributed by atoms with Crippen LogP contribution in [-0.4, -0.2) is 17.8 Å². The van der Waals surface area contributed by atoms with Crippen molar-refractivity contribution < 1.29 is 9.47 Å². The van der Waals surface area contributed by atoms with Crippen LogP contribution in [0, 0.1) is 5.41 Å². The molecule has 5 heteroatoms. The molecule has 0 aliphatic heterocycles. The van der Waals surface area contributed by atoms with Gasteiger partial charge in [0.15, 0.2) is 0 Å². The fraction of sp³-hybridized carbons (Fsp3) is 0.571. The highest BCUT2D eigenvalue weighted by molar-refractivity contribution is 5.89. The molecule has 2 N–H and O–H groups in total. The first-order valence-corrected chi connectivity index (χ1v) is 9.47. The quantitative estimate of drug-likeness (QED) is 0.720. The van der Waals surface area contributed by atoms with E-state index in [2.05, 4.69) is 27.7 Å². The highest BCUT2D eigenvalue weighted by Gasteiger charge is 2.21. The highest BCUT2D eigenvalue weighted by Crippen LogP contribution is 2.32. The second-order valence-electron chi connectivity index (χ2n) is 7.77. The van der Waals surface area contributed by atoms with Crippen molar-refractivity contribution in [1.82, 2.24) is 4.57 Å². The zero-order chi connectivity index (χ0) is 19.3. The number of rotatable bonds is 8. The Labute approximate surface area is 156 Å². The third-order valence-corrected chi connectivity index (χ3v) is 4.18. The molecule has 1 aromatic heterocycles. The van der Waals surface area contributed by atoms with Crippen molar-refractivity contribution in [2.75, 3.05) is 13.2 Å². The molecule has 0 aliphatic rings. The van der Waals surface area contributed by atoms with Gasteiger partial charge in [-0.25, -0.2) is 0 Å². The monoisotopic (exact) mass is 360 g/mol. The average molecular weight is 360 g/mol. The topological polar surface area (TPSA) is 66.5 Å². The van der Waals surface area contributed by atoms with Crippen LogP contribution in [0.5, 0.6) is 11.5 Å². The van der Waals surface area contributed by atoms with Gasteiger partial charge in [-0.1, -0.05) is 34.1 Å². The molecule has 0 fully saturated rings. The minimum Gasteiger partial charge on any atom is -0.494 e. The SMILES string of the molecule is CCCCOc1c(CN)n(CC(C)(C)C)c(=O)c2ccc(OCC)cc12. The summed E-state index contributed by atoms with van der Waals surface area (Å²) in [5, 5.41) is 1.42. The van der Waals surface area contributed by atoms with Gasteiger partial charge in [0.2, 0.25) is 0 Å². The van der Waals surface area contributed by atoms with Gasteiger partial charge >= 0.3 is 0 Å². The lowest BCUT2D eigenvalue weighted by Gasteiger charge is -2.25. The van der Waals surface area contributed by atoms with Crippen LogP contribution in [-0.2, 0) is 13.1 Å². The summed E-state index contributed by atoms with van der Waals surface area (Å²) < 4.78 is 13.5. The number of fused-ring (bicyclic) bond motifs is 1. The van der Waals surface area contributed by atoms with Gasteiger partial charge in [-0.05, 0) is 37.0 Å². The van der Waals surface area contributed by atoms with Gasteiger partial charge in [0.25, 0.3) is 5.56 Å². The molecule has 0 radical (unpaired) electrons. The molecular weight excluding hydrogens is 328 g/mol. The average Bonchev–Trinajstić information content (AvgIpc) is 2.58. The number of aromatic nitrogens is 1. The summed E-state index contributed by atoms with van der Waals surface area (Å²) >= 11 is 0. The van der Waals surface area contributed by atoms with Crippen molar-refractivity contribution >= 4 is 10.8 Å². The molecule has 0 bridgehead atoms. The third kappa shape index (κ3) is 4.58. The van der Waals surface area contributed by atoms with Gasteiger partial charge in [0, 0.05) is 18.5 Å². The number of hydrogen-bond donors (Lipinski definition) is 1. The molecule has 144 valence electrons. The first-order valence-electron chi connectivity index (χ1n) is 9.47. The van der Waals surface area contributed by atoms with Crippen LogP contribution < -0.4 is 20.8 Å². The smallest absolute Gasteiger partial charge is 0.258 e. The molecule has 0 amide bonds. The molecule has 0 atom stereocenters. The van der Waals surface area contributed by atoms with E-state index >= 15 is 0 Å². The maximum Gasteiger partial charge on any atom is 0.258 e. The summed E-state index contributed by atoms with van der Waals surface area (Å²) in [4.78, 5) is 13.1. The van der Waals surface area contributed by atoms with E-state index in [1.807, 2.05) is 25.1 Å². The minimum atomic E-state index is -0.0482. The normalized spacial score (nSPS) is 11.8. The lowest BCUT2D eigenvalue weighted by Crippen LogP contribution is -2.31. The Balaban J connectivity index is 2.73. The standard InChI is InChI=1S/C21H32N2O3/c1-6-8-11-26-19-17-12-15(25-7-2)9-10-16(17)20(24)23(18(19)13-22)14-21(3,4)5/h9-10,12H,6-8,11,13-14,22H2,1-5H3. The summed E-state index contributed by atoms with van der Waals surface area (Å²) in [5.74, 6) is 1.44. The van der Waals surface area contributed by atoms with Crippen molar-refractivity contribution in [3.8, 4) is 11.5 Å². The number of nitrogens with two attached hydrogens (primary N) is 1. The molecule has 2 rings (SSSR count). The zero-order valence-electron chi connectivity index (χ0n) is 16.7. The van der Waals surface area contributed by atoms with Crippen LogP contribution in [0.25, 0.3) is 10.8 Å². The van der Waals surface area contributed by atoms with Gasteiger partial charge in [0.1, 0.15) is 11.5 Å². The molecule has 0 unspecified atom stereocenters. The molecule has 0 spiro atoms. The lowest BCUT2D eigenvalue weighted by atomic mass is 9.96. The summed E-state index contributed by atoms with van der Waals surface area (Å²) in [6.45, 7) is 12.4. The van der Waals surface area contributed by atoms with Crippen molar-refractivity contribution in [3.63, 3.8) is 0 Å². The Morgan fingerprint density at radius 1 is 1.12 bits per heavy atom. The summed E-state index contributed by atoms with van der Waals surface area (Å²) in [6, 6.07) is 5.56. The van der Waals surface area contributed by atoms with Crippen LogP contribution in [0.3, 0.4) is 0 Å². The number of nitrogens with zero attached hydrogens (tertiary/aromatic N) is 1. The second kappa shape index (κ2) is 8.58. The van der Waals surface area contributed by atoms with E-state index in [1.165, 1.54) is 0 Å². The van der Waals surface area contributed by atoms with E-state index in [4.69, 9.17) is 15.2 Å². The Bertz CT molecular complexity index is 803. The van der Waals surface area contributed by atoms with E-state index in [0.29, 0.717) is 30.9 Å². The molecule has 5 nitrogen and oxygen atoms in total. The number of pyridine rings is 1. The van der Waals surface area contributed by atoms with Crippen molar-refractivity contribution in [2.45, 2.75) is 60.5 Å². The molecule has 0 saturated heterocycles. The third-order valence-electron chi connectivity index (χ3n) is 4.18. The molecule has 26 heavy (non-hydrogen) atoms. The van der Waals surface area contributed by atoms with Gasteiger partial charge in [-0.3, -0.25) is 4.79 Å². The van der Waals surface area contributed by atoms with Crippen molar-refractivity contribution in [3.05, 3.63) is 34.2 Å². The molecule has 2 aromatic rings.